The SMILES string of the molecule is CCCCCCCCCCCCCC(=O)OC[C@H](COP(=O)(O)O)OC(=O)CCCCCCCCCCCCC. The quantitative estimate of drug-likeness (QED) is 0.0482. The van der Waals surface area contributed by atoms with Crippen molar-refractivity contribution in [2.45, 2.75) is 174 Å². The van der Waals surface area contributed by atoms with Crippen molar-refractivity contribution in [3.05, 3.63) is 0 Å². The van der Waals surface area contributed by atoms with Crippen molar-refractivity contribution in [2.75, 3.05) is 13.2 Å². The topological polar surface area (TPSA) is 119 Å². The predicted octanol–water partition coefficient (Wildman–Crippen LogP) is 8.95. The molecule has 0 aromatic carbocycles. The molecule has 0 radical (unpaired) electrons. The van der Waals surface area contributed by atoms with E-state index >= 15 is 0 Å². The lowest BCUT2D eigenvalue weighted by Gasteiger charge is -2.18. The van der Waals surface area contributed by atoms with Crippen LogP contribution in [0.3, 0.4) is 0 Å². The second kappa shape index (κ2) is 28.2. The lowest BCUT2D eigenvalue weighted by Crippen LogP contribution is -2.29. The van der Waals surface area contributed by atoms with E-state index in [0.29, 0.717) is 6.42 Å². The Hall–Kier alpha value is -0.950. The molecule has 1 atom stereocenters. The van der Waals surface area contributed by atoms with E-state index < -0.39 is 32.5 Å². The van der Waals surface area contributed by atoms with E-state index in [1.165, 1.54) is 96.3 Å². The van der Waals surface area contributed by atoms with E-state index in [1.807, 2.05) is 0 Å². The molecule has 0 amide bonds. The van der Waals surface area contributed by atoms with Crippen LogP contribution < -0.4 is 0 Å². The van der Waals surface area contributed by atoms with Gasteiger partial charge in [0.1, 0.15) is 6.61 Å². The number of hydrogen-bond donors (Lipinski definition) is 2. The molecule has 0 rings (SSSR count). The first-order valence-corrected chi connectivity index (χ1v) is 17.9. The van der Waals surface area contributed by atoms with Gasteiger partial charge in [0.25, 0.3) is 0 Å². The Bertz CT molecular complexity index is 637. The number of carbonyl (C=O) groups excluding carboxylic acids is 2. The minimum absolute atomic E-state index is 0.218. The van der Waals surface area contributed by atoms with Crippen LogP contribution in [0, 0.1) is 0 Å². The summed E-state index contributed by atoms with van der Waals surface area (Å²) < 4.78 is 26.1. The highest BCUT2D eigenvalue weighted by molar-refractivity contribution is 7.46. The molecule has 0 saturated carbocycles. The Morgan fingerprint density at radius 2 is 0.900 bits per heavy atom. The first-order valence-electron chi connectivity index (χ1n) is 16.3. The number of rotatable bonds is 30. The number of ether oxygens (including phenoxy) is 2. The largest absolute Gasteiger partial charge is 0.469 e. The van der Waals surface area contributed by atoms with Crippen molar-refractivity contribution in [2.24, 2.45) is 0 Å². The summed E-state index contributed by atoms with van der Waals surface area (Å²) in [6.07, 6.45) is 25.4. The van der Waals surface area contributed by atoms with E-state index in [4.69, 9.17) is 19.3 Å². The van der Waals surface area contributed by atoms with E-state index in [0.717, 1.165) is 38.5 Å². The normalized spacial score (nSPS) is 12.4. The molecule has 0 saturated heterocycles. The van der Waals surface area contributed by atoms with Crippen LogP contribution in [0.25, 0.3) is 0 Å². The summed E-state index contributed by atoms with van der Waals surface area (Å²) in [5.74, 6) is -0.879. The fraction of sp³-hybridized carbons (Fsp3) is 0.935. The van der Waals surface area contributed by atoms with Gasteiger partial charge in [-0.15, -0.1) is 0 Å². The summed E-state index contributed by atoms with van der Waals surface area (Å²) in [7, 11) is -4.73. The van der Waals surface area contributed by atoms with Gasteiger partial charge in [-0.05, 0) is 12.8 Å². The minimum Gasteiger partial charge on any atom is -0.462 e. The van der Waals surface area contributed by atoms with Crippen LogP contribution >= 0.6 is 7.82 Å². The van der Waals surface area contributed by atoms with Crippen LogP contribution in [0.15, 0.2) is 0 Å². The number of unbranched alkanes of at least 4 members (excludes halogenated alkanes) is 20. The molecule has 40 heavy (non-hydrogen) atoms. The summed E-state index contributed by atoms with van der Waals surface area (Å²) in [5.41, 5.74) is 0. The predicted molar refractivity (Wildman–Crippen MR) is 161 cm³/mol. The maximum Gasteiger partial charge on any atom is 0.469 e. The second-order valence-corrected chi connectivity index (χ2v) is 12.4. The van der Waals surface area contributed by atoms with E-state index in [1.54, 1.807) is 0 Å². The van der Waals surface area contributed by atoms with Gasteiger partial charge in [0, 0.05) is 12.8 Å². The highest BCUT2D eigenvalue weighted by Crippen LogP contribution is 2.35. The van der Waals surface area contributed by atoms with E-state index in [9.17, 15) is 14.2 Å². The van der Waals surface area contributed by atoms with Gasteiger partial charge in [0.05, 0.1) is 6.61 Å². The lowest BCUT2D eigenvalue weighted by atomic mass is 10.1. The van der Waals surface area contributed by atoms with Crippen LogP contribution in [-0.2, 0) is 28.2 Å². The lowest BCUT2D eigenvalue weighted by molar-refractivity contribution is -0.161. The maximum absolute atomic E-state index is 12.3. The van der Waals surface area contributed by atoms with Crippen LogP contribution in [0.1, 0.15) is 168 Å². The molecule has 0 fully saturated rings. The highest BCUT2D eigenvalue weighted by atomic mass is 31.2. The first-order chi connectivity index (χ1) is 19.3. The third-order valence-electron chi connectivity index (χ3n) is 7.13. The average Bonchev–Trinajstić information content (AvgIpc) is 2.91. The van der Waals surface area contributed by atoms with Crippen LogP contribution in [0.4, 0.5) is 0 Å². The van der Waals surface area contributed by atoms with Crippen molar-refractivity contribution in [1.29, 1.82) is 0 Å². The number of hydrogen-bond acceptors (Lipinski definition) is 6. The van der Waals surface area contributed by atoms with Crippen molar-refractivity contribution in [3.8, 4) is 0 Å². The fourth-order valence-corrected chi connectivity index (χ4v) is 5.03. The summed E-state index contributed by atoms with van der Waals surface area (Å²) in [5, 5.41) is 0. The number of phosphoric ester groups is 1. The molecule has 0 bridgehead atoms. The summed E-state index contributed by atoms with van der Waals surface area (Å²) in [6.45, 7) is 3.65. The molecule has 8 nitrogen and oxygen atoms in total. The Morgan fingerprint density at radius 3 is 1.27 bits per heavy atom. The maximum atomic E-state index is 12.3. The minimum atomic E-state index is -4.73. The molecule has 0 aliphatic heterocycles. The fourth-order valence-electron chi connectivity index (χ4n) is 4.67. The Balaban J connectivity index is 4.01. The molecule has 0 spiro atoms. The second-order valence-electron chi connectivity index (χ2n) is 11.2. The van der Waals surface area contributed by atoms with Gasteiger partial charge in [0.2, 0.25) is 0 Å². The van der Waals surface area contributed by atoms with Gasteiger partial charge in [-0.2, -0.15) is 0 Å². The number of esters is 2. The molecular weight excluding hydrogens is 531 g/mol. The van der Waals surface area contributed by atoms with Crippen molar-refractivity contribution < 1.29 is 37.9 Å². The Kier molecular flexibility index (Phi) is 27.5. The van der Waals surface area contributed by atoms with Crippen LogP contribution in [0.2, 0.25) is 0 Å². The van der Waals surface area contributed by atoms with Gasteiger partial charge in [0.15, 0.2) is 6.10 Å². The Morgan fingerprint density at radius 1 is 0.550 bits per heavy atom. The highest BCUT2D eigenvalue weighted by Gasteiger charge is 2.22. The van der Waals surface area contributed by atoms with Gasteiger partial charge in [-0.25, -0.2) is 4.57 Å². The molecular formula is C31H61O8P. The third-order valence-corrected chi connectivity index (χ3v) is 7.61. The average molecular weight is 593 g/mol. The van der Waals surface area contributed by atoms with E-state index in [-0.39, 0.29) is 19.4 Å². The Labute approximate surface area is 244 Å². The molecule has 0 aromatic heterocycles. The third kappa shape index (κ3) is 30.0. The van der Waals surface area contributed by atoms with Crippen LogP contribution in [0.5, 0.6) is 0 Å². The zero-order valence-corrected chi connectivity index (χ0v) is 26.6. The molecule has 0 aliphatic carbocycles. The summed E-state index contributed by atoms with van der Waals surface area (Å²) in [6, 6.07) is 0. The monoisotopic (exact) mass is 592 g/mol. The van der Waals surface area contributed by atoms with Gasteiger partial charge < -0.3 is 19.3 Å². The van der Waals surface area contributed by atoms with Crippen molar-refractivity contribution >= 4 is 19.8 Å². The molecule has 0 unspecified atom stereocenters. The van der Waals surface area contributed by atoms with Gasteiger partial charge >= 0.3 is 19.8 Å². The van der Waals surface area contributed by atoms with Crippen molar-refractivity contribution in [3.63, 3.8) is 0 Å². The molecule has 0 heterocycles. The molecule has 2 N–H and O–H groups in total. The van der Waals surface area contributed by atoms with Gasteiger partial charge in [-0.1, -0.05) is 142 Å². The molecule has 0 aromatic rings. The van der Waals surface area contributed by atoms with Gasteiger partial charge in [-0.3, -0.25) is 14.1 Å². The zero-order chi connectivity index (χ0) is 29.7. The van der Waals surface area contributed by atoms with E-state index in [2.05, 4.69) is 18.4 Å². The van der Waals surface area contributed by atoms with Crippen LogP contribution in [-0.4, -0.2) is 41.0 Å². The standard InChI is InChI=1S/C31H61O8P/c1-3-5-7-9-11-13-15-17-19-21-23-25-30(32)37-27-29(28-38-40(34,35)36)39-31(33)26-24-22-20-18-16-14-12-10-8-6-4-2/h29H,3-28H2,1-2H3,(H2,34,35,36)/t29-/m1/s1. The first kappa shape index (κ1) is 39.0. The molecule has 0 aliphatic rings. The smallest absolute Gasteiger partial charge is 0.462 e. The number of carbonyl (C=O) groups is 2. The molecule has 9 heteroatoms. The number of phosphoric acid groups is 1. The van der Waals surface area contributed by atoms with Crippen molar-refractivity contribution in [1.82, 2.24) is 0 Å². The summed E-state index contributed by atoms with van der Waals surface area (Å²) >= 11 is 0. The molecule has 238 valence electrons. The zero-order valence-electron chi connectivity index (χ0n) is 25.8. The summed E-state index contributed by atoms with van der Waals surface area (Å²) in [4.78, 5) is 42.4.